The molecule has 1 aliphatic rings. The van der Waals surface area contributed by atoms with Crippen molar-refractivity contribution in [2.24, 2.45) is 0 Å². The van der Waals surface area contributed by atoms with E-state index in [1.807, 2.05) is 35.4 Å². The SMILES string of the molecule is CCC(C)N(Cc1cccn1Cc1cccc(Cl)c1)C(=O)c1ccc2c(c1)OCO2. The third kappa shape index (κ3) is 4.31. The van der Waals surface area contributed by atoms with Crippen molar-refractivity contribution in [1.82, 2.24) is 9.47 Å². The van der Waals surface area contributed by atoms with Crippen molar-refractivity contribution in [2.45, 2.75) is 39.4 Å². The predicted molar refractivity (Wildman–Crippen MR) is 117 cm³/mol. The summed E-state index contributed by atoms with van der Waals surface area (Å²) in [7, 11) is 0. The Bertz CT molecular complexity index is 1050. The van der Waals surface area contributed by atoms with Gasteiger partial charge in [0.1, 0.15) is 0 Å². The molecule has 1 amide bonds. The summed E-state index contributed by atoms with van der Waals surface area (Å²) in [5.41, 5.74) is 2.80. The van der Waals surface area contributed by atoms with Gasteiger partial charge in [-0.2, -0.15) is 0 Å². The minimum atomic E-state index is -0.0156. The number of aromatic nitrogens is 1. The molecule has 156 valence electrons. The number of rotatable bonds is 7. The lowest BCUT2D eigenvalue weighted by molar-refractivity contribution is 0.0666. The molecule has 0 radical (unpaired) electrons. The van der Waals surface area contributed by atoms with Crippen LogP contribution in [0.2, 0.25) is 5.02 Å². The van der Waals surface area contributed by atoms with E-state index in [1.165, 1.54) is 0 Å². The smallest absolute Gasteiger partial charge is 0.254 e. The van der Waals surface area contributed by atoms with Crippen LogP contribution in [0.3, 0.4) is 0 Å². The first-order chi connectivity index (χ1) is 14.5. The van der Waals surface area contributed by atoms with Crippen LogP contribution < -0.4 is 9.47 Å². The van der Waals surface area contributed by atoms with E-state index in [-0.39, 0.29) is 18.7 Å². The van der Waals surface area contributed by atoms with Crippen molar-refractivity contribution in [3.8, 4) is 11.5 Å². The van der Waals surface area contributed by atoms with E-state index in [1.54, 1.807) is 18.2 Å². The van der Waals surface area contributed by atoms with Crippen LogP contribution in [-0.2, 0) is 13.1 Å². The van der Waals surface area contributed by atoms with Crippen LogP contribution in [0.5, 0.6) is 11.5 Å². The Kier molecular flexibility index (Phi) is 6.00. The third-order valence-corrected chi connectivity index (χ3v) is 5.74. The molecule has 0 spiro atoms. The number of hydrogen-bond acceptors (Lipinski definition) is 3. The highest BCUT2D eigenvalue weighted by Gasteiger charge is 2.24. The van der Waals surface area contributed by atoms with Crippen molar-refractivity contribution in [3.05, 3.63) is 82.6 Å². The normalized spacial score (nSPS) is 13.3. The van der Waals surface area contributed by atoms with Crippen molar-refractivity contribution in [1.29, 1.82) is 0 Å². The summed E-state index contributed by atoms with van der Waals surface area (Å²) in [5, 5.41) is 0.723. The van der Waals surface area contributed by atoms with Crippen molar-refractivity contribution in [2.75, 3.05) is 6.79 Å². The van der Waals surface area contributed by atoms with E-state index in [4.69, 9.17) is 21.1 Å². The monoisotopic (exact) mass is 424 g/mol. The van der Waals surface area contributed by atoms with Gasteiger partial charge in [-0.3, -0.25) is 4.79 Å². The molecule has 5 nitrogen and oxygen atoms in total. The van der Waals surface area contributed by atoms with E-state index in [0.29, 0.717) is 30.2 Å². The van der Waals surface area contributed by atoms with Crippen LogP contribution in [0.4, 0.5) is 0 Å². The van der Waals surface area contributed by atoms with Gasteiger partial charge in [0.05, 0.1) is 6.54 Å². The van der Waals surface area contributed by atoms with Gasteiger partial charge in [0.15, 0.2) is 11.5 Å². The maximum absolute atomic E-state index is 13.4. The quantitative estimate of drug-likeness (QED) is 0.512. The van der Waals surface area contributed by atoms with E-state index in [9.17, 15) is 4.79 Å². The summed E-state index contributed by atoms with van der Waals surface area (Å²) in [6.45, 7) is 5.59. The second kappa shape index (κ2) is 8.84. The molecule has 30 heavy (non-hydrogen) atoms. The van der Waals surface area contributed by atoms with Crippen LogP contribution in [0.25, 0.3) is 0 Å². The molecule has 1 unspecified atom stereocenters. The Morgan fingerprint density at radius 1 is 1.13 bits per heavy atom. The third-order valence-electron chi connectivity index (χ3n) is 5.50. The van der Waals surface area contributed by atoms with Gasteiger partial charge in [0, 0.05) is 35.1 Å². The van der Waals surface area contributed by atoms with Crippen molar-refractivity contribution < 1.29 is 14.3 Å². The molecule has 0 fully saturated rings. The topological polar surface area (TPSA) is 43.7 Å². The average Bonchev–Trinajstić information content (AvgIpc) is 3.39. The first-order valence-corrected chi connectivity index (χ1v) is 10.5. The molecule has 6 heteroatoms. The standard InChI is InChI=1S/C24H25ClN2O3/c1-3-17(2)27(24(28)19-9-10-22-23(13-19)30-16-29-22)15-21-8-5-11-26(21)14-18-6-4-7-20(25)12-18/h4-13,17H,3,14-16H2,1-2H3. The second-order valence-corrected chi connectivity index (χ2v) is 7.95. The summed E-state index contributed by atoms with van der Waals surface area (Å²) in [4.78, 5) is 15.3. The highest BCUT2D eigenvalue weighted by Crippen LogP contribution is 2.33. The van der Waals surface area contributed by atoms with Gasteiger partial charge in [0.25, 0.3) is 5.91 Å². The Balaban J connectivity index is 1.57. The molecule has 0 saturated heterocycles. The van der Waals surface area contributed by atoms with Crippen LogP contribution in [0, 0.1) is 0 Å². The van der Waals surface area contributed by atoms with Crippen molar-refractivity contribution >= 4 is 17.5 Å². The zero-order valence-electron chi connectivity index (χ0n) is 17.2. The summed E-state index contributed by atoms with van der Waals surface area (Å²) in [6, 6.07) is 17.4. The summed E-state index contributed by atoms with van der Waals surface area (Å²) in [5.74, 6) is 1.28. The van der Waals surface area contributed by atoms with Gasteiger partial charge in [-0.25, -0.2) is 0 Å². The van der Waals surface area contributed by atoms with Gasteiger partial charge >= 0.3 is 0 Å². The number of fused-ring (bicyclic) bond motifs is 1. The molecule has 0 aliphatic carbocycles. The Morgan fingerprint density at radius 2 is 1.97 bits per heavy atom. The molecule has 2 heterocycles. The summed E-state index contributed by atoms with van der Waals surface area (Å²) >= 11 is 6.14. The number of carbonyl (C=O) groups is 1. The fourth-order valence-corrected chi connectivity index (χ4v) is 3.81. The van der Waals surface area contributed by atoms with E-state index >= 15 is 0 Å². The molecular formula is C24H25ClN2O3. The highest BCUT2D eigenvalue weighted by molar-refractivity contribution is 6.30. The van der Waals surface area contributed by atoms with Gasteiger partial charge in [-0.15, -0.1) is 0 Å². The molecular weight excluding hydrogens is 400 g/mol. The second-order valence-electron chi connectivity index (χ2n) is 7.52. The van der Waals surface area contributed by atoms with Gasteiger partial charge in [-0.05, 0) is 61.4 Å². The molecule has 3 aromatic rings. The molecule has 0 saturated carbocycles. The summed E-state index contributed by atoms with van der Waals surface area (Å²) in [6.07, 6.45) is 2.90. The molecule has 1 atom stereocenters. The predicted octanol–water partition coefficient (Wildman–Crippen LogP) is 5.36. The van der Waals surface area contributed by atoms with Crippen LogP contribution >= 0.6 is 11.6 Å². The number of hydrogen-bond donors (Lipinski definition) is 0. The van der Waals surface area contributed by atoms with E-state index < -0.39 is 0 Å². The maximum Gasteiger partial charge on any atom is 0.254 e. The number of halogens is 1. The maximum atomic E-state index is 13.4. The average molecular weight is 425 g/mol. The van der Waals surface area contributed by atoms with Crippen LogP contribution in [0.15, 0.2) is 60.8 Å². The fraction of sp³-hybridized carbons (Fsp3) is 0.292. The first-order valence-electron chi connectivity index (χ1n) is 10.1. The Hall–Kier alpha value is -2.92. The Labute approximate surface area is 181 Å². The van der Waals surface area contributed by atoms with E-state index in [0.717, 1.165) is 22.7 Å². The minimum Gasteiger partial charge on any atom is -0.454 e. The molecule has 0 N–H and O–H groups in total. The van der Waals surface area contributed by atoms with Crippen LogP contribution in [0.1, 0.15) is 41.9 Å². The van der Waals surface area contributed by atoms with Gasteiger partial charge < -0.3 is 18.9 Å². The lowest BCUT2D eigenvalue weighted by atomic mass is 10.1. The largest absolute Gasteiger partial charge is 0.454 e. The number of nitrogens with zero attached hydrogens (tertiary/aromatic N) is 2. The van der Waals surface area contributed by atoms with Crippen molar-refractivity contribution in [3.63, 3.8) is 0 Å². The lowest BCUT2D eigenvalue weighted by Gasteiger charge is -2.29. The van der Waals surface area contributed by atoms with Gasteiger partial charge in [0.2, 0.25) is 6.79 Å². The highest BCUT2D eigenvalue weighted by atomic mass is 35.5. The number of carbonyl (C=O) groups excluding carboxylic acids is 1. The molecule has 4 rings (SSSR count). The van der Waals surface area contributed by atoms with Crippen LogP contribution in [-0.4, -0.2) is 28.2 Å². The zero-order valence-corrected chi connectivity index (χ0v) is 17.9. The summed E-state index contributed by atoms with van der Waals surface area (Å²) < 4.78 is 13.0. The molecule has 0 bridgehead atoms. The van der Waals surface area contributed by atoms with Gasteiger partial charge in [-0.1, -0.05) is 30.7 Å². The number of ether oxygens (including phenoxy) is 2. The lowest BCUT2D eigenvalue weighted by Crippen LogP contribution is -2.38. The number of benzene rings is 2. The molecule has 1 aromatic heterocycles. The molecule has 1 aliphatic heterocycles. The minimum absolute atomic E-state index is 0.0156. The van der Waals surface area contributed by atoms with E-state index in [2.05, 4.69) is 30.5 Å². The fourth-order valence-electron chi connectivity index (χ4n) is 3.60. The zero-order chi connectivity index (χ0) is 21.1. The first kappa shape index (κ1) is 20.4. The number of amides is 1. The molecule has 2 aromatic carbocycles. The Morgan fingerprint density at radius 3 is 2.77 bits per heavy atom.